The number of fused-ring (bicyclic) bond motifs is 1. The molecule has 9 heteroatoms. The Hall–Kier alpha value is -2.58. The molecule has 0 unspecified atom stereocenters. The number of nitrogens with zero attached hydrogens (tertiary/aromatic N) is 3. The van der Waals surface area contributed by atoms with Crippen LogP contribution >= 0.6 is 22.9 Å². The Labute approximate surface area is 188 Å². The number of unbranched alkanes of at least 4 members (excludes halogenated alkanes) is 2. The fourth-order valence-electron chi connectivity index (χ4n) is 3.92. The van der Waals surface area contributed by atoms with Crippen molar-refractivity contribution in [3.63, 3.8) is 0 Å². The van der Waals surface area contributed by atoms with Gasteiger partial charge in [0.25, 0.3) is 5.56 Å². The van der Waals surface area contributed by atoms with Crippen molar-refractivity contribution in [1.29, 1.82) is 0 Å². The van der Waals surface area contributed by atoms with E-state index in [0.717, 1.165) is 36.6 Å². The molecule has 7 nitrogen and oxygen atoms in total. The number of hydrogen-bond acceptors (Lipinski definition) is 5. The van der Waals surface area contributed by atoms with Gasteiger partial charge in [-0.15, -0.1) is 11.3 Å². The van der Waals surface area contributed by atoms with Crippen LogP contribution < -0.4 is 16.1 Å². The van der Waals surface area contributed by atoms with E-state index in [1.165, 1.54) is 15.9 Å². The Morgan fingerprint density at radius 2 is 1.74 bits per heavy atom. The average molecular weight is 461 g/mol. The zero-order valence-electron chi connectivity index (χ0n) is 17.2. The highest BCUT2D eigenvalue weighted by molar-refractivity contribution is 7.17. The van der Waals surface area contributed by atoms with E-state index in [-0.39, 0.29) is 17.2 Å². The number of amides is 1. The second kappa shape index (κ2) is 9.70. The fourth-order valence-corrected chi connectivity index (χ4v) is 4.84. The Bertz CT molecular complexity index is 1160. The highest BCUT2D eigenvalue weighted by Gasteiger charge is 2.20. The van der Waals surface area contributed by atoms with Crippen molar-refractivity contribution < 1.29 is 4.79 Å². The first kappa shape index (κ1) is 21.6. The van der Waals surface area contributed by atoms with Gasteiger partial charge in [-0.1, -0.05) is 18.0 Å². The summed E-state index contributed by atoms with van der Waals surface area (Å²) in [5.41, 5.74) is 1.12. The van der Waals surface area contributed by atoms with Gasteiger partial charge in [-0.05, 0) is 48.6 Å². The SMILES string of the molecule is O=C(CCCCCn1c(=O)[nH]c2ccsc2c1=O)N1CCN(c2ccc(Cl)cc2)CC1. The lowest BCUT2D eigenvalue weighted by Gasteiger charge is -2.36. The molecule has 1 amide bonds. The van der Waals surface area contributed by atoms with Crippen LogP contribution in [0.2, 0.25) is 5.02 Å². The van der Waals surface area contributed by atoms with Crippen LogP contribution in [-0.2, 0) is 11.3 Å². The Morgan fingerprint density at radius 1 is 1.00 bits per heavy atom. The number of piperazine rings is 1. The van der Waals surface area contributed by atoms with Crippen molar-refractivity contribution >= 4 is 44.7 Å². The minimum absolute atomic E-state index is 0.172. The maximum atomic E-state index is 12.5. The maximum absolute atomic E-state index is 12.5. The molecule has 1 aliphatic heterocycles. The molecule has 164 valence electrons. The van der Waals surface area contributed by atoms with Crippen LogP contribution in [0.5, 0.6) is 0 Å². The van der Waals surface area contributed by atoms with Crippen molar-refractivity contribution in [2.24, 2.45) is 0 Å². The molecule has 0 saturated carbocycles. The van der Waals surface area contributed by atoms with Crippen molar-refractivity contribution in [2.45, 2.75) is 32.2 Å². The number of aromatic nitrogens is 2. The summed E-state index contributed by atoms with van der Waals surface area (Å²) in [5.74, 6) is 0.172. The minimum Gasteiger partial charge on any atom is -0.368 e. The predicted octanol–water partition coefficient (Wildman–Crippen LogP) is 3.31. The van der Waals surface area contributed by atoms with Crippen molar-refractivity contribution in [2.75, 3.05) is 31.1 Å². The van der Waals surface area contributed by atoms with Crippen LogP contribution in [0.15, 0.2) is 45.3 Å². The number of halogens is 1. The van der Waals surface area contributed by atoms with E-state index < -0.39 is 0 Å². The molecule has 0 spiro atoms. The van der Waals surface area contributed by atoms with E-state index in [1.54, 1.807) is 11.4 Å². The third-order valence-electron chi connectivity index (χ3n) is 5.69. The van der Waals surface area contributed by atoms with Gasteiger partial charge in [0.05, 0.1) is 5.52 Å². The molecule has 1 aromatic carbocycles. The van der Waals surface area contributed by atoms with Crippen molar-refractivity contribution in [1.82, 2.24) is 14.5 Å². The lowest BCUT2D eigenvalue weighted by atomic mass is 10.1. The summed E-state index contributed by atoms with van der Waals surface area (Å²) >= 11 is 7.29. The number of hydrogen-bond donors (Lipinski definition) is 1. The van der Waals surface area contributed by atoms with Gasteiger partial charge in [0.1, 0.15) is 4.70 Å². The van der Waals surface area contributed by atoms with Crippen LogP contribution in [0.3, 0.4) is 0 Å². The Balaban J connectivity index is 1.19. The second-order valence-corrected chi connectivity index (χ2v) is 9.06. The summed E-state index contributed by atoms with van der Waals surface area (Å²) in [7, 11) is 0. The van der Waals surface area contributed by atoms with Crippen molar-refractivity contribution in [3.05, 3.63) is 61.6 Å². The summed E-state index contributed by atoms with van der Waals surface area (Å²) in [6.45, 7) is 3.42. The molecule has 0 bridgehead atoms. The third-order valence-corrected chi connectivity index (χ3v) is 6.84. The number of thiophene rings is 1. The molecule has 3 heterocycles. The van der Waals surface area contributed by atoms with Crippen LogP contribution in [0.25, 0.3) is 10.2 Å². The molecule has 1 saturated heterocycles. The predicted molar refractivity (Wildman–Crippen MR) is 125 cm³/mol. The normalized spacial score (nSPS) is 14.4. The van der Waals surface area contributed by atoms with Gasteiger partial charge >= 0.3 is 5.69 Å². The van der Waals surface area contributed by atoms with Crippen LogP contribution in [0.4, 0.5) is 5.69 Å². The van der Waals surface area contributed by atoms with E-state index >= 15 is 0 Å². The largest absolute Gasteiger partial charge is 0.368 e. The van der Waals surface area contributed by atoms with Gasteiger partial charge in [0.15, 0.2) is 0 Å². The molecular weight excluding hydrogens is 436 g/mol. The van der Waals surface area contributed by atoms with Crippen LogP contribution in [0.1, 0.15) is 25.7 Å². The molecule has 31 heavy (non-hydrogen) atoms. The standard InChI is InChI=1S/C22H25ClN4O3S/c23-16-5-7-17(8-6-16)25-11-13-26(14-12-25)19(28)4-2-1-3-10-27-21(29)20-18(9-15-31-20)24-22(27)30/h5-9,15H,1-4,10-14H2,(H,24,30). The van der Waals surface area contributed by atoms with E-state index in [4.69, 9.17) is 11.6 Å². The number of carbonyl (C=O) groups excluding carboxylic acids is 1. The van der Waals surface area contributed by atoms with Crippen molar-refractivity contribution in [3.8, 4) is 0 Å². The maximum Gasteiger partial charge on any atom is 0.328 e. The Kier molecular flexibility index (Phi) is 6.77. The third kappa shape index (κ3) is 5.02. The molecule has 0 atom stereocenters. The quantitative estimate of drug-likeness (QED) is 0.548. The van der Waals surface area contributed by atoms with Gasteiger partial charge < -0.3 is 14.8 Å². The smallest absolute Gasteiger partial charge is 0.328 e. The Morgan fingerprint density at radius 3 is 2.48 bits per heavy atom. The first-order chi connectivity index (χ1) is 15.0. The van der Waals surface area contributed by atoms with Crippen LogP contribution in [-0.4, -0.2) is 46.5 Å². The zero-order chi connectivity index (χ0) is 21.8. The first-order valence-electron chi connectivity index (χ1n) is 10.5. The molecule has 3 aromatic rings. The topological polar surface area (TPSA) is 78.4 Å². The summed E-state index contributed by atoms with van der Waals surface area (Å²) < 4.78 is 1.84. The highest BCUT2D eigenvalue weighted by Crippen LogP contribution is 2.20. The molecule has 1 aliphatic rings. The zero-order valence-corrected chi connectivity index (χ0v) is 18.8. The summed E-state index contributed by atoms with van der Waals surface area (Å²) in [5, 5.41) is 2.52. The fraction of sp³-hybridized carbons (Fsp3) is 0.409. The highest BCUT2D eigenvalue weighted by atomic mass is 35.5. The number of rotatable bonds is 7. The number of anilines is 1. The molecule has 4 rings (SSSR count). The number of aromatic amines is 1. The van der Waals surface area contributed by atoms with Gasteiger partial charge in [0.2, 0.25) is 5.91 Å². The summed E-state index contributed by atoms with van der Waals surface area (Å²) in [4.78, 5) is 44.0. The monoisotopic (exact) mass is 460 g/mol. The van der Waals surface area contributed by atoms with Gasteiger partial charge in [-0.3, -0.25) is 14.2 Å². The van der Waals surface area contributed by atoms with E-state index in [9.17, 15) is 14.4 Å². The van der Waals surface area contributed by atoms with E-state index in [1.807, 2.05) is 29.2 Å². The summed E-state index contributed by atoms with van der Waals surface area (Å²) in [6.07, 6.45) is 2.74. The lowest BCUT2D eigenvalue weighted by molar-refractivity contribution is -0.131. The van der Waals surface area contributed by atoms with Gasteiger partial charge in [-0.2, -0.15) is 0 Å². The molecular formula is C22H25ClN4O3S. The second-order valence-electron chi connectivity index (χ2n) is 7.71. The first-order valence-corrected chi connectivity index (χ1v) is 11.8. The lowest BCUT2D eigenvalue weighted by Crippen LogP contribution is -2.48. The molecule has 1 fully saturated rings. The van der Waals surface area contributed by atoms with Crippen LogP contribution in [0, 0.1) is 0 Å². The molecule has 1 N–H and O–H groups in total. The number of benzene rings is 1. The molecule has 2 aromatic heterocycles. The van der Waals surface area contributed by atoms with E-state index in [2.05, 4.69) is 9.88 Å². The number of H-pyrrole nitrogens is 1. The summed E-state index contributed by atoms with van der Waals surface area (Å²) in [6, 6.07) is 9.52. The average Bonchev–Trinajstić information content (AvgIpc) is 3.24. The molecule has 0 aliphatic carbocycles. The molecule has 0 radical (unpaired) electrons. The van der Waals surface area contributed by atoms with Gasteiger partial charge in [-0.25, -0.2) is 4.79 Å². The minimum atomic E-state index is -0.370. The number of carbonyl (C=O) groups is 1. The van der Waals surface area contributed by atoms with Gasteiger partial charge in [0, 0.05) is 49.9 Å². The van der Waals surface area contributed by atoms with E-state index in [0.29, 0.717) is 42.7 Å². The number of nitrogens with one attached hydrogen (secondary N) is 1.